The summed E-state index contributed by atoms with van der Waals surface area (Å²) in [4.78, 5) is 23.3. The molecule has 0 aliphatic heterocycles. The molecule has 0 amide bonds. The second-order valence-electron chi connectivity index (χ2n) is 4.85. The molecule has 0 aliphatic carbocycles. The molecule has 1 heterocycles. The maximum Gasteiger partial charge on any atom is 0.524 e. The number of phosphoric ester groups is 1. The Bertz CT molecular complexity index is 645. The molecule has 0 aliphatic rings. The Kier molecular flexibility index (Phi) is 5.06. The van der Waals surface area contributed by atoms with E-state index in [1.54, 1.807) is 12.1 Å². The van der Waals surface area contributed by atoms with E-state index in [9.17, 15) is 4.57 Å². The van der Waals surface area contributed by atoms with Gasteiger partial charge in [-0.2, -0.15) is 0 Å². The van der Waals surface area contributed by atoms with Crippen molar-refractivity contribution in [3.05, 3.63) is 30.0 Å². The van der Waals surface area contributed by atoms with Crippen LogP contribution >= 0.6 is 7.82 Å². The van der Waals surface area contributed by atoms with Gasteiger partial charge in [-0.3, -0.25) is 9.79 Å². The van der Waals surface area contributed by atoms with Crippen molar-refractivity contribution in [2.75, 3.05) is 19.6 Å². The standard InChI is InChI=1S/C14H21N2O4P/c1-3-16(4-2)9-8-11-10-15-14-12(11)6-5-7-13(14)20-21(17,18)19/h5-7,10,15H,3-4,8-9H2,1-2H3,(H2,17,18,19). The van der Waals surface area contributed by atoms with E-state index in [1.807, 2.05) is 12.3 Å². The lowest BCUT2D eigenvalue weighted by Gasteiger charge is -2.17. The normalized spacial score (nSPS) is 12.2. The summed E-state index contributed by atoms with van der Waals surface area (Å²) in [5, 5.41) is 0.938. The maximum atomic E-state index is 11.0. The zero-order valence-electron chi connectivity index (χ0n) is 12.2. The van der Waals surface area contributed by atoms with Gasteiger partial charge in [0.15, 0.2) is 5.75 Å². The smallest absolute Gasteiger partial charge is 0.402 e. The number of likely N-dealkylation sites (N-methyl/N-ethyl adjacent to an activating group) is 1. The molecule has 0 atom stereocenters. The Hall–Kier alpha value is -1.33. The first kappa shape index (κ1) is 16.0. The van der Waals surface area contributed by atoms with Crippen molar-refractivity contribution in [3.8, 4) is 5.75 Å². The molecule has 0 unspecified atom stereocenters. The summed E-state index contributed by atoms with van der Waals surface area (Å²) < 4.78 is 15.7. The van der Waals surface area contributed by atoms with Gasteiger partial charge in [0.1, 0.15) is 0 Å². The van der Waals surface area contributed by atoms with Gasteiger partial charge < -0.3 is 14.4 Å². The molecule has 0 fully saturated rings. The van der Waals surface area contributed by atoms with Gasteiger partial charge in [-0.1, -0.05) is 26.0 Å². The summed E-state index contributed by atoms with van der Waals surface area (Å²) in [5.41, 5.74) is 1.74. The molecule has 0 saturated carbocycles. The van der Waals surface area contributed by atoms with Crippen molar-refractivity contribution >= 4 is 18.7 Å². The predicted octanol–water partition coefficient (Wildman–Crippen LogP) is 2.52. The molecule has 6 nitrogen and oxygen atoms in total. The van der Waals surface area contributed by atoms with Gasteiger partial charge in [-0.05, 0) is 31.1 Å². The average molecular weight is 312 g/mol. The van der Waals surface area contributed by atoms with Crippen LogP contribution in [0.25, 0.3) is 10.9 Å². The fourth-order valence-corrected chi connectivity index (χ4v) is 2.82. The lowest BCUT2D eigenvalue weighted by molar-refractivity contribution is 0.284. The lowest BCUT2D eigenvalue weighted by atomic mass is 10.1. The SMILES string of the molecule is CCN(CC)CCc1c[nH]c2c(OP(=O)(O)O)cccc12. The van der Waals surface area contributed by atoms with E-state index in [1.165, 1.54) is 0 Å². The van der Waals surface area contributed by atoms with E-state index in [-0.39, 0.29) is 5.75 Å². The molecule has 116 valence electrons. The molecule has 1 aromatic heterocycles. The zero-order valence-corrected chi connectivity index (χ0v) is 13.1. The number of hydrogen-bond donors (Lipinski definition) is 3. The van der Waals surface area contributed by atoms with E-state index in [2.05, 4.69) is 23.7 Å². The largest absolute Gasteiger partial charge is 0.524 e. The third kappa shape index (κ3) is 4.08. The number of rotatable bonds is 7. The molecule has 0 spiro atoms. The van der Waals surface area contributed by atoms with Gasteiger partial charge in [0.05, 0.1) is 5.52 Å². The number of hydrogen-bond acceptors (Lipinski definition) is 3. The van der Waals surface area contributed by atoms with Gasteiger partial charge in [0.25, 0.3) is 0 Å². The highest BCUT2D eigenvalue weighted by molar-refractivity contribution is 7.46. The molecule has 1 aromatic carbocycles. The predicted molar refractivity (Wildman–Crippen MR) is 82.5 cm³/mol. The Balaban J connectivity index is 2.24. The minimum Gasteiger partial charge on any atom is -0.402 e. The highest BCUT2D eigenvalue weighted by atomic mass is 31.2. The first-order valence-electron chi connectivity index (χ1n) is 7.01. The molecule has 2 aromatic rings. The summed E-state index contributed by atoms with van der Waals surface area (Å²) in [7, 11) is -4.55. The van der Waals surface area contributed by atoms with Gasteiger partial charge in [-0.15, -0.1) is 0 Å². The number of phosphoric acid groups is 1. The van der Waals surface area contributed by atoms with Gasteiger partial charge in [-0.25, -0.2) is 4.57 Å². The number of para-hydroxylation sites is 1. The number of H-pyrrole nitrogens is 1. The molecule has 21 heavy (non-hydrogen) atoms. The van der Waals surface area contributed by atoms with Crippen molar-refractivity contribution in [1.29, 1.82) is 0 Å². The Morgan fingerprint density at radius 2 is 2.00 bits per heavy atom. The minimum atomic E-state index is -4.55. The van der Waals surface area contributed by atoms with Crippen LogP contribution < -0.4 is 4.52 Å². The number of aromatic nitrogens is 1. The zero-order chi connectivity index (χ0) is 15.5. The summed E-state index contributed by atoms with van der Waals surface area (Å²) in [6, 6.07) is 5.21. The number of benzene rings is 1. The summed E-state index contributed by atoms with van der Waals surface area (Å²) in [6.07, 6.45) is 2.75. The highest BCUT2D eigenvalue weighted by Crippen LogP contribution is 2.40. The van der Waals surface area contributed by atoms with E-state index in [0.717, 1.165) is 37.0 Å². The van der Waals surface area contributed by atoms with Crippen molar-refractivity contribution in [1.82, 2.24) is 9.88 Å². The Morgan fingerprint density at radius 3 is 2.62 bits per heavy atom. The fraction of sp³-hybridized carbons (Fsp3) is 0.429. The van der Waals surface area contributed by atoms with Crippen LogP contribution in [0.2, 0.25) is 0 Å². The van der Waals surface area contributed by atoms with Crippen molar-refractivity contribution in [2.24, 2.45) is 0 Å². The molecule has 7 heteroatoms. The fourth-order valence-electron chi connectivity index (χ4n) is 2.41. The van der Waals surface area contributed by atoms with Crippen LogP contribution in [0.3, 0.4) is 0 Å². The first-order chi connectivity index (χ1) is 9.94. The van der Waals surface area contributed by atoms with Gasteiger partial charge >= 0.3 is 7.82 Å². The van der Waals surface area contributed by atoms with Crippen LogP contribution in [-0.4, -0.2) is 39.3 Å². The molecule has 0 radical (unpaired) electrons. The van der Waals surface area contributed by atoms with Gasteiger partial charge in [0, 0.05) is 18.1 Å². The van der Waals surface area contributed by atoms with E-state index >= 15 is 0 Å². The van der Waals surface area contributed by atoms with E-state index in [4.69, 9.17) is 14.3 Å². The number of aromatic amines is 1. The summed E-state index contributed by atoms with van der Waals surface area (Å²) in [5.74, 6) is 0.176. The van der Waals surface area contributed by atoms with Crippen molar-refractivity contribution < 1.29 is 18.9 Å². The van der Waals surface area contributed by atoms with Crippen LogP contribution in [0.4, 0.5) is 0 Å². The lowest BCUT2D eigenvalue weighted by Crippen LogP contribution is -2.25. The van der Waals surface area contributed by atoms with E-state index < -0.39 is 7.82 Å². The van der Waals surface area contributed by atoms with Crippen molar-refractivity contribution in [3.63, 3.8) is 0 Å². The maximum absolute atomic E-state index is 11.0. The summed E-state index contributed by atoms with van der Waals surface area (Å²) in [6.45, 7) is 7.22. The Labute approximate surface area is 124 Å². The van der Waals surface area contributed by atoms with Crippen LogP contribution in [0.1, 0.15) is 19.4 Å². The van der Waals surface area contributed by atoms with E-state index in [0.29, 0.717) is 5.52 Å². The van der Waals surface area contributed by atoms with Crippen LogP contribution in [-0.2, 0) is 11.0 Å². The van der Waals surface area contributed by atoms with Crippen LogP contribution in [0.15, 0.2) is 24.4 Å². The molecule has 3 N–H and O–H groups in total. The van der Waals surface area contributed by atoms with Crippen molar-refractivity contribution in [2.45, 2.75) is 20.3 Å². The molecular weight excluding hydrogens is 291 g/mol. The molecule has 2 rings (SSSR count). The minimum absolute atomic E-state index is 0.176. The molecule has 0 bridgehead atoms. The first-order valence-corrected chi connectivity index (χ1v) is 8.54. The average Bonchev–Trinajstić information content (AvgIpc) is 2.83. The third-order valence-electron chi connectivity index (χ3n) is 3.57. The number of nitrogens with one attached hydrogen (secondary N) is 1. The number of nitrogens with zero attached hydrogens (tertiary/aromatic N) is 1. The molecule has 0 saturated heterocycles. The molecular formula is C14H21N2O4P. The van der Waals surface area contributed by atoms with Crippen LogP contribution in [0, 0.1) is 0 Å². The second-order valence-corrected chi connectivity index (χ2v) is 6.02. The quantitative estimate of drug-likeness (QED) is 0.684. The summed E-state index contributed by atoms with van der Waals surface area (Å²) >= 11 is 0. The topological polar surface area (TPSA) is 85.8 Å². The third-order valence-corrected chi connectivity index (χ3v) is 4.01. The second kappa shape index (κ2) is 6.62. The monoisotopic (exact) mass is 312 g/mol. The number of fused-ring (bicyclic) bond motifs is 1. The van der Waals surface area contributed by atoms with Gasteiger partial charge in [0.2, 0.25) is 0 Å². The highest BCUT2D eigenvalue weighted by Gasteiger charge is 2.19. The Morgan fingerprint density at radius 1 is 1.29 bits per heavy atom. The van der Waals surface area contributed by atoms with Crippen LogP contribution in [0.5, 0.6) is 5.75 Å².